The lowest BCUT2D eigenvalue weighted by molar-refractivity contribution is -0.137. The van der Waals surface area contributed by atoms with Crippen molar-refractivity contribution >= 4 is 49.3 Å². The van der Waals surface area contributed by atoms with E-state index in [2.05, 4.69) is 26.9 Å². The molecule has 0 saturated carbocycles. The number of nitrogens with two attached hydrogens (primary N) is 2. The molecule has 0 spiro atoms. The molecule has 2 aromatic heterocycles. The lowest BCUT2D eigenvalue weighted by Gasteiger charge is -2.35. The summed E-state index contributed by atoms with van der Waals surface area (Å²) in [6.45, 7) is 3.38. The van der Waals surface area contributed by atoms with Gasteiger partial charge in [0.25, 0.3) is 0 Å². The minimum atomic E-state index is -5.00. The van der Waals surface area contributed by atoms with Crippen LogP contribution in [-0.4, -0.2) is 90.6 Å². The van der Waals surface area contributed by atoms with E-state index in [0.717, 1.165) is 29.5 Å². The Morgan fingerprint density at radius 3 is 2.27 bits per heavy atom. The van der Waals surface area contributed by atoms with Crippen LogP contribution in [0.2, 0.25) is 0 Å². The summed E-state index contributed by atoms with van der Waals surface area (Å²) < 4.78 is 78.8. The summed E-state index contributed by atoms with van der Waals surface area (Å²) in [7, 11) is 3.42. The van der Waals surface area contributed by atoms with Crippen LogP contribution in [0.25, 0.3) is 32.2 Å². The minimum absolute atomic E-state index is 0.0183. The molecule has 2 aliphatic rings. The number of alkyl halides is 3. The predicted octanol–water partition coefficient (Wildman–Crippen LogP) is 4.11. The van der Waals surface area contributed by atoms with Crippen molar-refractivity contribution in [3.8, 4) is 17.1 Å². The van der Waals surface area contributed by atoms with Gasteiger partial charge in [0.2, 0.25) is 5.91 Å². The molecule has 0 radical (unpaired) electrons. The van der Waals surface area contributed by atoms with E-state index < -0.39 is 34.5 Å². The molecule has 2 saturated heterocycles. The van der Waals surface area contributed by atoms with Gasteiger partial charge in [-0.2, -0.15) is 23.1 Å². The van der Waals surface area contributed by atoms with Crippen LogP contribution < -0.4 is 21.1 Å². The SMILES string of the molecule is CN1CCCC1.COc1nc(N2CCN(C(=O)CN)CC2)c2cc(C(F)(F)F)c(-c3ccc(F)c4sc(N)nc34)c(F)c2n1. The number of fused-ring (bicyclic) bond motifs is 2. The van der Waals surface area contributed by atoms with Gasteiger partial charge in [-0.3, -0.25) is 4.79 Å². The smallest absolute Gasteiger partial charge is 0.417 e. The van der Waals surface area contributed by atoms with Crippen LogP contribution in [0.3, 0.4) is 0 Å². The normalized spacial score (nSPS) is 16.0. The number of hydrogen-bond donors (Lipinski definition) is 2. The summed E-state index contributed by atoms with van der Waals surface area (Å²) in [5.74, 6) is -2.29. The Labute approximate surface area is 253 Å². The molecule has 4 N–H and O–H groups in total. The van der Waals surface area contributed by atoms with Gasteiger partial charge >= 0.3 is 12.2 Å². The maximum atomic E-state index is 16.2. The second kappa shape index (κ2) is 12.6. The summed E-state index contributed by atoms with van der Waals surface area (Å²) in [4.78, 5) is 29.6. The molecule has 4 aromatic rings. The van der Waals surface area contributed by atoms with Crippen molar-refractivity contribution in [2.24, 2.45) is 5.73 Å². The highest BCUT2D eigenvalue weighted by Gasteiger charge is 2.38. The zero-order valence-electron chi connectivity index (χ0n) is 24.0. The van der Waals surface area contributed by atoms with E-state index in [4.69, 9.17) is 16.2 Å². The van der Waals surface area contributed by atoms with Gasteiger partial charge in [-0.15, -0.1) is 0 Å². The van der Waals surface area contributed by atoms with E-state index in [1.54, 1.807) is 4.90 Å². The summed E-state index contributed by atoms with van der Waals surface area (Å²) >= 11 is 0.741. The van der Waals surface area contributed by atoms with Gasteiger partial charge in [0.15, 0.2) is 10.9 Å². The fourth-order valence-corrected chi connectivity index (χ4v) is 6.14. The lowest BCUT2D eigenvalue weighted by atomic mass is 9.95. The Hall–Kier alpha value is -3.89. The van der Waals surface area contributed by atoms with E-state index in [9.17, 15) is 22.4 Å². The summed E-state index contributed by atoms with van der Waals surface area (Å²) in [6.07, 6.45) is -2.18. The number of carbonyl (C=O) groups excluding carboxylic acids is 1. The molecule has 2 aliphatic heterocycles. The zero-order valence-corrected chi connectivity index (χ0v) is 24.9. The number of piperazine rings is 1. The third-order valence-corrected chi connectivity index (χ3v) is 8.49. The van der Waals surface area contributed by atoms with Gasteiger partial charge < -0.3 is 30.9 Å². The molecule has 2 aromatic carbocycles. The number of ether oxygens (including phenoxy) is 1. The first kappa shape index (κ1) is 31.5. The van der Waals surface area contributed by atoms with Crippen molar-refractivity contribution in [3.63, 3.8) is 0 Å². The van der Waals surface area contributed by atoms with E-state index >= 15 is 4.39 Å². The minimum Gasteiger partial charge on any atom is -0.467 e. The first-order chi connectivity index (χ1) is 20.9. The van der Waals surface area contributed by atoms with Crippen molar-refractivity contribution in [1.29, 1.82) is 0 Å². The van der Waals surface area contributed by atoms with Crippen LogP contribution in [0.4, 0.5) is 32.9 Å². The number of nitrogens with zero attached hydrogens (tertiary/aromatic N) is 6. The molecule has 44 heavy (non-hydrogen) atoms. The highest BCUT2D eigenvalue weighted by molar-refractivity contribution is 7.22. The van der Waals surface area contributed by atoms with Gasteiger partial charge in [0.05, 0.1) is 29.4 Å². The number of benzene rings is 2. The number of methoxy groups -OCH3 is 1. The molecule has 1 amide bonds. The van der Waals surface area contributed by atoms with E-state index in [0.29, 0.717) is 0 Å². The summed E-state index contributed by atoms with van der Waals surface area (Å²) in [5.41, 5.74) is 8.05. The first-order valence-corrected chi connectivity index (χ1v) is 14.7. The highest BCUT2D eigenvalue weighted by atomic mass is 32.1. The molecular formula is C28H31F5N8O2S. The van der Waals surface area contributed by atoms with Gasteiger partial charge in [-0.1, -0.05) is 11.3 Å². The van der Waals surface area contributed by atoms with E-state index in [1.165, 1.54) is 37.9 Å². The number of thiazole rings is 1. The van der Waals surface area contributed by atoms with Crippen LogP contribution in [-0.2, 0) is 11.0 Å². The maximum Gasteiger partial charge on any atom is 0.417 e. The van der Waals surface area contributed by atoms with Crippen molar-refractivity contribution in [1.82, 2.24) is 24.8 Å². The number of carbonyl (C=O) groups is 1. The van der Waals surface area contributed by atoms with Gasteiger partial charge in [0.1, 0.15) is 17.2 Å². The Morgan fingerprint density at radius 2 is 1.70 bits per heavy atom. The number of aromatic nitrogens is 3. The monoisotopic (exact) mass is 638 g/mol. The van der Waals surface area contributed by atoms with Crippen LogP contribution in [0.1, 0.15) is 18.4 Å². The Bertz CT molecular complexity index is 1680. The number of amides is 1. The number of nitrogen functional groups attached to an aromatic ring is 1. The average molecular weight is 639 g/mol. The zero-order chi connectivity index (χ0) is 31.8. The first-order valence-electron chi connectivity index (χ1n) is 13.8. The Balaban J connectivity index is 0.000000573. The van der Waals surface area contributed by atoms with Crippen molar-refractivity contribution < 1.29 is 31.5 Å². The summed E-state index contributed by atoms with van der Waals surface area (Å²) in [6, 6.07) is 2.47. The Morgan fingerprint density at radius 1 is 1.02 bits per heavy atom. The Kier molecular flexibility index (Phi) is 9.04. The summed E-state index contributed by atoms with van der Waals surface area (Å²) in [5, 5.41) is -0.284. The van der Waals surface area contributed by atoms with Crippen LogP contribution >= 0.6 is 11.3 Å². The molecule has 0 bridgehead atoms. The standard InChI is InChI=1S/C23H20F5N7O2S.C5H11N/c1-37-22-32-17-11(20(33-22)35-6-4-34(5-7-35)14(36)9-29)8-12(23(26,27)28)15(16(17)25)10-2-3-13(24)19-18(10)31-21(30)38-19;1-6-4-2-3-5-6/h2-3,8H,4-7,9,29H2,1H3,(H2,30,31);2-5H2,1H3. The molecular weight excluding hydrogens is 607 g/mol. The molecule has 10 nitrogen and oxygen atoms in total. The second-order valence-electron chi connectivity index (χ2n) is 10.4. The molecule has 236 valence electrons. The molecule has 0 aliphatic carbocycles. The molecule has 4 heterocycles. The second-order valence-corrected chi connectivity index (χ2v) is 11.5. The third-order valence-electron chi connectivity index (χ3n) is 7.60. The molecule has 16 heteroatoms. The fourth-order valence-electron chi connectivity index (χ4n) is 5.38. The van der Waals surface area contributed by atoms with Crippen LogP contribution in [0.15, 0.2) is 18.2 Å². The number of halogens is 5. The average Bonchev–Trinajstić information content (AvgIpc) is 3.65. The van der Waals surface area contributed by atoms with E-state index in [1.807, 2.05) is 0 Å². The van der Waals surface area contributed by atoms with Crippen LogP contribution in [0, 0.1) is 11.6 Å². The van der Waals surface area contributed by atoms with Gasteiger partial charge in [-0.25, -0.2) is 13.8 Å². The van der Waals surface area contributed by atoms with Gasteiger partial charge in [0, 0.05) is 42.7 Å². The van der Waals surface area contributed by atoms with Crippen molar-refractivity contribution in [2.45, 2.75) is 19.0 Å². The predicted molar refractivity (Wildman–Crippen MR) is 159 cm³/mol. The van der Waals surface area contributed by atoms with Gasteiger partial charge in [-0.05, 0) is 51.2 Å². The quantitative estimate of drug-likeness (QED) is 0.318. The molecule has 0 atom stereocenters. The largest absolute Gasteiger partial charge is 0.467 e. The highest BCUT2D eigenvalue weighted by Crippen LogP contribution is 2.46. The van der Waals surface area contributed by atoms with E-state index in [-0.39, 0.29) is 76.8 Å². The van der Waals surface area contributed by atoms with Crippen LogP contribution in [0.5, 0.6) is 6.01 Å². The topological polar surface area (TPSA) is 127 Å². The number of likely N-dealkylation sites (tertiary alicyclic amines) is 1. The lowest BCUT2D eigenvalue weighted by Crippen LogP contribution is -2.50. The maximum absolute atomic E-state index is 16.2. The third kappa shape index (κ3) is 6.19. The number of anilines is 2. The fraction of sp³-hybridized carbons (Fsp3) is 0.429. The van der Waals surface area contributed by atoms with Crippen molar-refractivity contribution in [2.75, 3.05) is 70.6 Å². The number of hydrogen-bond acceptors (Lipinski definition) is 10. The van der Waals surface area contributed by atoms with Crippen molar-refractivity contribution in [3.05, 3.63) is 35.4 Å². The molecule has 2 fully saturated rings. The molecule has 6 rings (SSSR count). The number of rotatable bonds is 4. The molecule has 0 unspecified atom stereocenters.